The molecule has 1 N–H and O–H groups in total. The molecule has 0 aliphatic rings. The summed E-state index contributed by atoms with van der Waals surface area (Å²) in [6, 6.07) is 10.9. The fourth-order valence-corrected chi connectivity index (χ4v) is 2.16. The van der Waals surface area contributed by atoms with E-state index in [1.54, 1.807) is 35.5 Å². The first kappa shape index (κ1) is 15.7. The standard InChI is InChI=1S/C17H18N2O3/c1-13-4-2-6-15(10-13)17(22)19(9-7-16(20)21)12-14-5-3-8-18-11-14/h2-6,8,10-11H,7,9,12H2,1H3,(H,20,21). The van der Waals surface area contributed by atoms with Crippen LogP contribution in [-0.4, -0.2) is 33.4 Å². The number of benzene rings is 1. The van der Waals surface area contributed by atoms with Gasteiger partial charge in [-0.3, -0.25) is 14.6 Å². The van der Waals surface area contributed by atoms with E-state index in [2.05, 4.69) is 4.98 Å². The highest BCUT2D eigenvalue weighted by molar-refractivity contribution is 5.94. The van der Waals surface area contributed by atoms with Crippen molar-refractivity contribution in [1.29, 1.82) is 0 Å². The number of hydrogen-bond donors (Lipinski definition) is 1. The van der Waals surface area contributed by atoms with E-state index in [4.69, 9.17) is 5.11 Å². The molecular weight excluding hydrogens is 280 g/mol. The summed E-state index contributed by atoms with van der Waals surface area (Å²) in [5, 5.41) is 8.87. The molecule has 5 heteroatoms. The van der Waals surface area contributed by atoms with Crippen molar-refractivity contribution in [1.82, 2.24) is 9.88 Å². The highest BCUT2D eigenvalue weighted by Gasteiger charge is 2.17. The first-order valence-corrected chi connectivity index (χ1v) is 7.03. The smallest absolute Gasteiger partial charge is 0.305 e. The van der Waals surface area contributed by atoms with E-state index in [0.717, 1.165) is 11.1 Å². The topological polar surface area (TPSA) is 70.5 Å². The minimum Gasteiger partial charge on any atom is -0.481 e. The van der Waals surface area contributed by atoms with Crippen molar-refractivity contribution in [3.8, 4) is 0 Å². The first-order chi connectivity index (χ1) is 10.6. The van der Waals surface area contributed by atoms with E-state index in [1.165, 1.54) is 0 Å². The molecular formula is C17H18N2O3. The van der Waals surface area contributed by atoms with Gasteiger partial charge in [0.25, 0.3) is 5.91 Å². The Bertz CT molecular complexity index is 656. The number of carbonyl (C=O) groups is 2. The second-order valence-electron chi connectivity index (χ2n) is 5.10. The van der Waals surface area contributed by atoms with Gasteiger partial charge in [0.2, 0.25) is 0 Å². The van der Waals surface area contributed by atoms with Gasteiger partial charge in [-0.25, -0.2) is 0 Å². The molecule has 5 nitrogen and oxygen atoms in total. The number of aromatic nitrogens is 1. The molecule has 114 valence electrons. The first-order valence-electron chi connectivity index (χ1n) is 7.03. The number of hydrogen-bond acceptors (Lipinski definition) is 3. The third-order valence-electron chi connectivity index (χ3n) is 3.24. The zero-order valence-electron chi connectivity index (χ0n) is 12.4. The van der Waals surface area contributed by atoms with Crippen molar-refractivity contribution in [2.24, 2.45) is 0 Å². The summed E-state index contributed by atoms with van der Waals surface area (Å²) in [4.78, 5) is 29.0. The average Bonchev–Trinajstić information content (AvgIpc) is 2.51. The van der Waals surface area contributed by atoms with E-state index in [9.17, 15) is 9.59 Å². The number of aryl methyl sites for hydroxylation is 1. The average molecular weight is 298 g/mol. The number of carboxylic acids is 1. The van der Waals surface area contributed by atoms with Crippen LogP contribution in [0.3, 0.4) is 0 Å². The van der Waals surface area contributed by atoms with Crippen LogP contribution in [0.25, 0.3) is 0 Å². The molecule has 1 amide bonds. The number of nitrogens with zero attached hydrogens (tertiary/aromatic N) is 2. The number of carboxylic acid groups (broad SMARTS) is 1. The van der Waals surface area contributed by atoms with Crippen LogP contribution in [-0.2, 0) is 11.3 Å². The number of amides is 1. The quantitative estimate of drug-likeness (QED) is 0.889. The number of pyridine rings is 1. The predicted molar refractivity (Wildman–Crippen MR) is 82.4 cm³/mol. The molecule has 0 saturated heterocycles. The molecule has 0 saturated carbocycles. The maximum Gasteiger partial charge on any atom is 0.305 e. The van der Waals surface area contributed by atoms with E-state index in [0.29, 0.717) is 12.1 Å². The van der Waals surface area contributed by atoms with Crippen LogP contribution >= 0.6 is 0 Å². The lowest BCUT2D eigenvalue weighted by Crippen LogP contribution is -2.32. The van der Waals surface area contributed by atoms with Crippen LogP contribution in [0.1, 0.15) is 27.9 Å². The molecule has 0 atom stereocenters. The Morgan fingerprint density at radius 1 is 1.23 bits per heavy atom. The van der Waals surface area contributed by atoms with E-state index in [1.807, 2.05) is 25.1 Å². The van der Waals surface area contributed by atoms with Crippen LogP contribution in [0.5, 0.6) is 0 Å². The van der Waals surface area contributed by atoms with Crippen LogP contribution in [0.15, 0.2) is 48.8 Å². The third kappa shape index (κ3) is 4.41. The highest BCUT2D eigenvalue weighted by Crippen LogP contribution is 2.12. The third-order valence-corrected chi connectivity index (χ3v) is 3.24. The zero-order valence-corrected chi connectivity index (χ0v) is 12.4. The number of aliphatic carboxylic acids is 1. The molecule has 2 aromatic rings. The Hall–Kier alpha value is -2.69. The summed E-state index contributed by atoms with van der Waals surface area (Å²) >= 11 is 0. The zero-order chi connectivity index (χ0) is 15.9. The van der Waals surface area contributed by atoms with E-state index in [-0.39, 0.29) is 18.9 Å². The van der Waals surface area contributed by atoms with E-state index >= 15 is 0 Å². The minimum atomic E-state index is -0.923. The van der Waals surface area contributed by atoms with Gasteiger partial charge in [-0.05, 0) is 30.7 Å². The predicted octanol–water partition coefficient (Wildman–Crippen LogP) is 2.51. The van der Waals surface area contributed by atoms with Crippen molar-refractivity contribution in [3.05, 3.63) is 65.5 Å². The molecule has 0 bridgehead atoms. The summed E-state index contributed by atoms with van der Waals surface area (Å²) in [6.45, 7) is 2.42. The summed E-state index contributed by atoms with van der Waals surface area (Å²) in [5.74, 6) is -1.10. The van der Waals surface area contributed by atoms with E-state index < -0.39 is 5.97 Å². The van der Waals surface area contributed by atoms with Crippen LogP contribution < -0.4 is 0 Å². The Kier molecular flexibility index (Phi) is 5.25. The van der Waals surface area contributed by atoms with Gasteiger partial charge in [-0.1, -0.05) is 23.8 Å². The van der Waals surface area contributed by atoms with Gasteiger partial charge in [0.1, 0.15) is 0 Å². The molecule has 22 heavy (non-hydrogen) atoms. The summed E-state index contributed by atoms with van der Waals surface area (Å²) in [6.07, 6.45) is 3.25. The lowest BCUT2D eigenvalue weighted by molar-refractivity contribution is -0.137. The molecule has 1 aromatic heterocycles. The monoisotopic (exact) mass is 298 g/mol. The second-order valence-corrected chi connectivity index (χ2v) is 5.10. The van der Waals surface area contributed by atoms with Gasteiger partial charge < -0.3 is 10.0 Å². The molecule has 2 rings (SSSR count). The van der Waals surface area contributed by atoms with Gasteiger partial charge in [-0.2, -0.15) is 0 Å². The van der Waals surface area contributed by atoms with Gasteiger partial charge >= 0.3 is 5.97 Å². The van der Waals surface area contributed by atoms with Gasteiger partial charge in [0.15, 0.2) is 0 Å². The Morgan fingerprint density at radius 2 is 2.05 bits per heavy atom. The molecule has 0 aliphatic carbocycles. The van der Waals surface area contributed by atoms with Crippen molar-refractivity contribution >= 4 is 11.9 Å². The molecule has 0 spiro atoms. The van der Waals surface area contributed by atoms with Crippen molar-refractivity contribution < 1.29 is 14.7 Å². The number of rotatable bonds is 6. The second kappa shape index (κ2) is 7.36. The fourth-order valence-electron chi connectivity index (χ4n) is 2.16. The summed E-state index contributed by atoms with van der Waals surface area (Å²) in [7, 11) is 0. The molecule has 1 aromatic carbocycles. The molecule has 0 aliphatic heterocycles. The number of carbonyl (C=O) groups excluding carboxylic acids is 1. The molecule has 0 unspecified atom stereocenters. The Balaban J connectivity index is 2.19. The van der Waals surface area contributed by atoms with Crippen LogP contribution in [0, 0.1) is 6.92 Å². The Morgan fingerprint density at radius 3 is 2.68 bits per heavy atom. The highest BCUT2D eigenvalue weighted by atomic mass is 16.4. The minimum absolute atomic E-state index is 0.0855. The van der Waals surface area contributed by atoms with Crippen molar-refractivity contribution in [2.75, 3.05) is 6.54 Å². The maximum atomic E-state index is 12.6. The maximum absolute atomic E-state index is 12.6. The fraction of sp³-hybridized carbons (Fsp3) is 0.235. The Labute approximate surface area is 129 Å². The largest absolute Gasteiger partial charge is 0.481 e. The van der Waals surface area contributed by atoms with Gasteiger partial charge in [0, 0.05) is 31.0 Å². The molecule has 1 heterocycles. The lowest BCUT2D eigenvalue weighted by atomic mass is 10.1. The normalized spacial score (nSPS) is 10.2. The van der Waals surface area contributed by atoms with Crippen molar-refractivity contribution in [2.45, 2.75) is 19.9 Å². The molecule has 0 fully saturated rings. The van der Waals surface area contributed by atoms with Crippen LogP contribution in [0.2, 0.25) is 0 Å². The van der Waals surface area contributed by atoms with Crippen LogP contribution in [0.4, 0.5) is 0 Å². The van der Waals surface area contributed by atoms with Crippen molar-refractivity contribution in [3.63, 3.8) is 0 Å². The van der Waals surface area contributed by atoms with Gasteiger partial charge in [-0.15, -0.1) is 0 Å². The lowest BCUT2D eigenvalue weighted by Gasteiger charge is -2.22. The SMILES string of the molecule is Cc1cccc(C(=O)N(CCC(=O)O)Cc2cccnc2)c1. The summed E-state index contributed by atoms with van der Waals surface area (Å²) in [5.41, 5.74) is 2.42. The van der Waals surface area contributed by atoms with Gasteiger partial charge in [0.05, 0.1) is 6.42 Å². The molecule has 0 radical (unpaired) electrons. The summed E-state index contributed by atoms with van der Waals surface area (Å²) < 4.78 is 0.